The fourth-order valence-electron chi connectivity index (χ4n) is 2.05. The monoisotopic (exact) mass is 423 g/mol. The Morgan fingerprint density at radius 2 is 1.86 bits per heavy atom. The molecular formula is C19H25N3O6S. The Morgan fingerprint density at radius 3 is 2.48 bits per heavy atom. The van der Waals surface area contributed by atoms with Gasteiger partial charge in [-0.05, 0) is 45.0 Å². The highest BCUT2D eigenvalue weighted by Crippen LogP contribution is 2.18. The lowest BCUT2D eigenvalue weighted by Crippen LogP contribution is -2.35. The number of aliphatic hydroxyl groups is 1. The van der Waals surface area contributed by atoms with Gasteiger partial charge in [-0.3, -0.25) is 10.1 Å². The van der Waals surface area contributed by atoms with Crippen LogP contribution < -0.4 is 20.1 Å². The average molecular weight is 423 g/mol. The molecule has 1 aromatic carbocycles. The highest BCUT2D eigenvalue weighted by atomic mass is 32.1. The topological polar surface area (TPSA) is 119 Å². The van der Waals surface area contributed by atoms with E-state index in [0.29, 0.717) is 11.5 Å². The molecule has 0 saturated carbocycles. The highest BCUT2D eigenvalue weighted by Gasteiger charge is 2.18. The molecule has 2 aromatic rings. The molecular weight excluding hydrogens is 398 g/mol. The Bertz CT molecular complexity index is 816. The number of thiazole rings is 1. The van der Waals surface area contributed by atoms with E-state index in [2.05, 4.69) is 15.6 Å². The molecule has 1 unspecified atom stereocenters. The number of anilines is 1. The minimum absolute atomic E-state index is 0.00905. The van der Waals surface area contributed by atoms with Gasteiger partial charge in [0.15, 0.2) is 5.13 Å². The van der Waals surface area contributed by atoms with Crippen molar-refractivity contribution in [3.05, 3.63) is 35.3 Å². The summed E-state index contributed by atoms with van der Waals surface area (Å²) in [5.41, 5.74) is -0.504. The van der Waals surface area contributed by atoms with E-state index in [1.807, 2.05) is 0 Å². The fourth-order valence-corrected chi connectivity index (χ4v) is 2.73. The third-order valence-corrected chi connectivity index (χ3v) is 4.10. The zero-order valence-corrected chi connectivity index (χ0v) is 17.5. The Labute approximate surface area is 173 Å². The first-order valence-corrected chi connectivity index (χ1v) is 9.73. The van der Waals surface area contributed by atoms with Gasteiger partial charge < -0.3 is 24.6 Å². The molecule has 1 aromatic heterocycles. The summed E-state index contributed by atoms with van der Waals surface area (Å²) >= 11 is 1.10. The van der Waals surface area contributed by atoms with Crippen molar-refractivity contribution in [2.75, 3.05) is 25.6 Å². The van der Waals surface area contributed by atoms with Crippen molar-refractivity contribution in [2.24, 2.45) is 0 Å². The molecule has 0 aliphatic carbocycles. The van der Waals surface area contributed by atoms with Gasteiger partial charge in [-0.2, -0.15) is 0 Å². The molecule has 0 fully saturated rings. The minimum Gasteiger partial charge on any atom is -0.497 e. The Hall–Kier alpha value is -2.85. The van der Waals surface area contributed by atoms with Gasteiger partial charge >= 0.3 is 6.09 Å². The van der Waals surface area contributed by atoms with E-state index < -0.39 is 23.7 Å². The molecule has 10 heteroatoms. The Kier molecular flexibility index (Phi) is 7.80. The van der Waals surface area contributed by atoms with Crippen LogP contribution in [0.5, 0.6) is 11.5 Å². The second-order valence-electron chi connectivity index (χ2n) is 7.02. The van der Waals surface area contributed by atoms with Crippen LogP contribution in [-0.2, 0) is 4.74 Å². The Morgan fingerprint density at radius 1 is 1.21 bits per heavy atom. The molecule has 0 spiro atoms. The summed E-state index contributed by atoms with van der Waals surface area (Å²) < 4.78 is 15.6. The number of carbonyl (C=O) groups excluding carboxylic acids is 2. The number of hydrogen-bond donors (Lipinski definition) is 3. The van der Waals surface area contributed by atoms with Crippen LogP contribution >= 0.6 is 11.3 Å². The molecule has 9 nitrogen and oxygen atoms in total. The quantitative estimate of drug-likeness (QED) is 0.597. The van der Waals surface area contributed by atoms with E-state index >= 15 is 0 Å². The third-order valence-electron chi connectivity index (χ3n) is 3.34. The molecule has 158 valence electrons. The maximum atomic E-state index is 12.1. The van der Waals surface area contributed by atoms with Crippen molar-refractivity contribution in [3.8, 4) is 11.5 Å². The molecule has 0 bridgehead atoms. The number of nitrogens with zero attached hydrogens (tertiary/aromatic N) is 1. The summed E-state index contributed by atoms with van der Waals surface area (Å²) in [4.78, 5) is 27.9. The first-order valence-electron chi connectivity index (χ1n) is 8.85. The summed E-state index contributed by atoms with van der Waals surface area (Å²) in [6.45, 7) is 5.24. The molecule has 1 heterocycles. The van der Waals surface area contributed by atoms with Crippen LogP contribution in [0.25, 0.3) is 0 Å². The summed E-state index contributed by atoms with van der Waals surface area (Å²) in [5, 5.41) is 16.8. The van der Waals surface area contributed by atoms with E-state index in [1.165, 1.54) is 5.38 Å². The van der Waals surface area contributed by atoms with Gasteiger partial charge in [-0.15, -0.1) is 11.3 Å². The summed E-state index contributed by atoms with van der Waals surface area (Å²) in [6, 6.07) is 6.93. The highest BCUT2D eigenvalue weighted by molar-refractivity contribution is 7.14. The number of aromatic nitrogens is 1. The van der Waals surface area contributed by atoms with E-state index in [9.17, 15) is 14.7 Å². The minimum atomic E-state index is -0.904. The summed E-state index contributed by atoms with van der Waals surface area (Å²) in [6.07, 6.45) is -1.55. The number of amides is 2. The van der Waals surface area contributed by atoms with Crippen LogP contribution in [0.2, 0.25) is 0 Å². The number of methoxy groups -OCH3 is 1. The standard InChI is InChI=1S/C19H25N3O6S/c1-19(2,3)28-18(25)22-17-21-15(11-29-17)16(24)20-9-12(23)10-27-14-7-5-13(26-4)6-8-14/h5-8,11-12,23H,9-10H2,1-4H3,(H,20,24)(H,21,22,25). The largest absolute Gasteiger partial charge is 0.497 e. The number of benzene rings is 1. The molecule has 1 atom stereocenters. The SMILES string of the molecule is COc1ccc(OCC(O)CNC(=O)c2csc(NC(=O)OC(C)(C)C)n2)cc1. The molecule has 0 radical (unpaired) electrons. The van der Waals surface area contributed by atoms with Crippen molar-refractivity contribution in [3.63, 3.8) is 0 Å². The Balaban J connectivity index is 1.75. The number of aliphatic hydroxyl groups excluding tert-OH is 1. The van der Waals surface area contributed by atoms with Gasteiger partial charge in [0.1, 0.15) is 35.5 Å². The van der Waals surface area contributed by atoms with Crippen LogP contribution in [0, 0.1) is 0 Å². The normalized spacial score (nSPS) is 12.0. The lowest BCUT2D eigenvalue weighted by molar-refractivity contribution is 0.0635. The van der Waals surface area contributed by atoms with Gasteiger partial charge in [-0.25, -0.2) is 9.78 Å². The number of hydrogen-bond acceptors (Lipinski definition) is 8. The zero-order valence-electron chi connectivity index (χ0n) is 16.7. The predicted octanol–water partition coefficient (Wildman–Crippen LogP) is 2.67. The maximum Gasteiger partial charge on any atom is 0.413 e. The second kappa shape index (κ2) is 10.1. The van der Waals surface area contributed by atoms with E-state index in [-0.39, 0.29) is 24.0 Å². The average Bonchev–Trinajstić information content (AvgIpc) is 3.11. The van der Waals surface area contributed by atoms with Crippen LogP contribution in [0.1, 0.15) is 31.3 Å². The molecule has 3 N–H and O–H groups in total. The molecule has 0 aliphatic heterocycles. The molecule has 2 rings (SSSR count). The van der Waals surface area contributed by atoms with Crippen molar-refractivity contribution in [2.45, 2.75) is 32.5 Å². The fraction of sp³-hybridized carbons (Fsp3) is 0.421. The van der Waals surface area contributed by atoms with Gasteiger partial charge in [0.05, 0.1) is 7.11 Å². The lowest BCUT2D eigenvalue weighted by atomic mass is 10.2. The molecule has 0 aliphatic rings. The van der Waals surface area contributed by atoms with Gasteiger partial charge in [0, 0.05) is 11.9 Å². The van der Waals surface area contributed by atoms with Crippen molar-refractivity contribution < 1.29 is 28.9 Å². The van der Waals surface area contributed by atoms with Gasteiger partial charge in [0.2, 0.25) is 0 Å². The van der Waals surface area contributed by atoms with Crippen molar-refractivity contribution >= 4 is 28.5 Å². The summed E-state index contributed by atoms with van der Waals surface area (Å²) in [7, 11) is 1.57. The zero-order chi connectivity index (χ0) is 21.4. The number of ether oxygens (including phenoxy) is 3. The maximum absolute atomic E-state index is 12.1. The molecule has 29 heavy (non-hydrogen) atoms. The first kappa shape index (κ1) is 22.4. The van der Waals surface area contributed by atoms with Gasteiger partial charge in [0.25, 0.3) is 5.91 Å². The second-order valence-corrected chi connectivity index (χ2v) is 7.87. The smallest absolute Gasteiger partial charge is 0.413 e. The van der Waals surface area contributed by atoms with Crippen LogP contribution in [0.3, 0.4) is 0 Å². The van der Waals surface area contributed by atoms with Crippen molar-refractivity contribution in [1.82, 2.24) is 10.3 Å². The summed E-state index contributed by atoms with van der Waals surface area (Å²) in [5.74, 6) is 0.810. The predicted molar refractivity (Wildman–Crippen MR) is 109 cm³/mol. The van der Waals surface area contributed by atoms with Crippen LogP contribution in [0.15, 0.2) is 29.6 Å². The van der Waals surface area contributed by atoms with Crippen LogP contribution in [-0.4, -0.2) is 54.1 Å². The lowest BCUT2D eigenvalue weighted by Gasteiger charge is -2.18. The van der Waals surface area contributed by atoms with E-state index in [1.54, 1.807) is 52.1 Å². The van der Waals surface area contributed by atoms with Crippen molar-refractivity contribution in [1.29, 1.82) is 0 Å². The molecule has 2 amide bonds. The number of rotatable bonds is 8. The van der Waals surface area contributed by atoms with Crippen LogP contribution in [0.4, 0.5) is 9.93 Å². The van der Waals surface area contributed by atoms with E-state index in [4.69, 9.17) is 14.2 Å². The number of carbonyl (C=O) groups is 2. The number of nitrogens with one attached hydrogen (secondary N) is 2. The molecule has 0 saturated heterocycles. The third kappa shape index (κ3) is 7.96. The first-order chi connectivity index (χ1) is 13.7. The van der Waals surface area contributed by atoms with Gasteiger partial charge in [-0.1, -0.05) is 0 Å². The van der Waals surface area contributed by atoms with E-state index in [0.717, 1.165) is 11.3 Å².